The van der Waals surface area contributed by atoms with Crippen LogP contribution in [0, 0.1) is 0 Å². The lowest BCUT2D eigenvalue weighted by Gasteiger charge is -2.20. The molecule has 0 bridgehead atoms. The third kappa shape index (κ3) is 3.61. The maximum atomic E-state index is 13.0. The monoisotopic (exact) mass is 383 g/mol. The summed E-state index contributed by atoms with van der Waals surface area (Å²) in [7, 11) is -1.91. The fourth-order valence-corrected chi connectivity index (χ4v) is 4.85. The van der Waals surface area contributed by atoms with Gasteiger partial charge in [-0.15, -0.1) is 0 Å². The fraction of sp³-hybridized carbons (Fsp3) is 0.250. The average molecular weight is 383 g/mol. The first-order valence-electron chi connectivity index (χ1n) is 8.79. The summed E-state index contributed by atoms with van der Waals surface area (Å²) in [5, 5.41) is 0.0668. The number of benzene rings is 2. The van der Waals surface area contributed by atoms with Gasteiger partial charge in [0, 0.05) is 25.7 Å². The molecule has 1 aliphatic heterocycles. The van der Waals surface area contributed by atoms with E-state index in [9.17, 15) is 8.42 Å². The standard InChI is InChI=1S/C20H21N3O3S/c1-22-14-20(21-15-22)27(24,25)23-12-18(16-8-4-2-5-9-16)19(13-23)26-17-10-6-3-7-11-17/h2-11,14-15,18-19H,12-13H2,1H3/t18-,19+/m1/s1. The molecular weight excluding hydrogens is 362 g/mol. The molecule has 0 spiro atoms. The molecule has 1 aromatic heterocycles. The molecule has 2 aromatic carbocycles. The Kier molecular flexibility index (Phi) is 4.72. The fourth-order valence-electron chi connectivity index (χ4n) is 3.40. The van der Waals surface area contributed by atoms with Crippen LogP contribution in [0.15, 0.2) is 78.2 Å². The minimum absolute atomic E-state index is 0.0510. The minimum atomic E-state index is -3.66. The van der Waals surface area contributed by atoms with Crippen LogP contribution in [0.2, 0.25) is 0 Å². The largest absolute Gasteiger partial charge is 0.488 e. The second-order valence-electron chi connectivity index (χ2n) is 6.69. The molecule has 0 N–H and O–H groups in total. The Hall–Kier alpha value is -2.64. The van der Waals surface area contributed by atoms with E-state index >= 15 is 0 Å². The van der Waals surface area contributed by atoms with Crippen molar-refractivity contribution in [2.45, 2.75) is 17.0 Å². The van der Waals surface area contributed by atoms with Gasteiger partial charge in [-0.25, -0.2) is 13.4 Å². The molecule has 1 fully saturated rings. The Morgan fingerprint density at radius 3 is 2.30 bits per heavy atom. The molecule has 0 amide bonds. The molecule has 1 aliphatic rings. The summed E-state index contributed by atoms with van der Waals surface area (Å²) in [6.45, 7) is 0.647. The Balaban J connectivity index is 1.64. The number of hydrogen-bond donors (Lipinski definition) is 0. The second-order valence-corrected chi connectivity index (χ2v) is 8.57. The van der Waals surface area contributed by atoms with Gasteiger partial charge in [0.25, 0.3) is 10.0 Å². The summed E-state index contributed by atoms with van der Waals surface area (Å²) in [5.74, 6) is 0.686. The highest BCUT2D eigenvalue weighted by atomic mass is 32.2. The van der Waals surface area contributed by atoms with Crippen LogP contribution < -0.4 is 4.74 Å². The van der Waals surface area contributed by atoms with Gasteiger partial charge in [0.2, 0.25) is 0 Å². The van der Waals surface area contributed by atoms with E-state index < -0.39 is 10.0 Å². The van der Waals surface area contributed by atoms with Crippen LogP contribution in [0.25, 0.3) is 0 Å². The van der Waals surface area contributed by atoms with Crippen molar-refractivity contribution >= 4 is 10.0 Å². The molecule has 4 rings (SSSR count). The minimum Gasteiger partial charge on any atom is -0.488 e. The maximum absolute atomic E-state index is 13.0. The molecule has 2 heterocycles. The van der Waals surface area contributed by atoms with Gasteiger partial charge in [-0.1, -0.05) is 48.5 Å². The molecule has 140 valence electrons. The summed E-state index contributed by atoms with van der Waals surface area (Å²) < 4.78 is 35.3. The lowest BCUT2D eigenvalue weighted by molar-refractivity contribution is 0.199. The van der Waals surface area contributed by atoms with Crippen LogP contribution in [0.4, 0.5) is 0 Å². The van der Waals surface area contributed by atoms with E-state index in [0.717, 1.165) is 11.3 Å². The number of hydrogen-bond acceptors (Lipinski definition) is 4. The van der Waals surface area contributed by atoms with Gasteiger partial charge in [-0.3, -0.25) is 0 Å². The number of aromatic nitrogens is 2. The van der Waals surface area contributed by atoms with Gasteiger partial charge >= 0.3 is 0 Å². The van der Waals surface area contributed by atoms with Gasteiger partial charge in [-0.2, -0.15) is 4.31 Å². The van der Waals surface area contributed by atoms with E-state index in [-0.39, 0.29) is 23.6 Å². The molecule has 0 radical (unpaired) electrons. The molecule has 7 heteroatoms. The Morgan fingerprint density at radius 1 is 1.00 bits per heavy atom. The number of para-hydroxylation sites is 1. The van der Waals surface area contributed by atoms with Crippen LogP contribution in [-0.4, -0.2) is 41.5 Å². The summed E-state index contributed by atoms with van der Waals surface area (Å²) in [6, 6.07) is 19.4. The smallest absolute Gasteiger partial charge is 0.262 e. The van der Waals surface area contributed by atoms with Gasteiger partial charge in [0.15, 0.2) is 5.03 Å². The quantitative estimate of drug-likeness (QED) is 0.679. The molecule has 6 nitrogen and oxygen atoms in total. The summed E-state index contributed by atoms with van der Waals surface area (Å²) in [4.78, 5) is 4.03. The number of rotatable bonds is 5. The van der Waals surface area contributed by atoms with Crippen molar-refractivity contribution in [3.63, 3.8) is 0 Å². The number of imidazole rings is 1. The van der Waals surface area contributed by atoms with Crippen LogP contribution in [-0.2, 0) is 17.1 Å². The van der Waals surface area contributed by atoms with Crippen LogP contribution in [0.3, 0.4) is 0 Å². The van der Waals surface area contributed by atoms with Gasteiger partial charge in [-0.05, 0) is 17.7 Å². The van der Waals surface area contributed by atoms with Crippen LogP contribution in [0.5, 0.6) is 5.75 Å². The van der Waals surface area contributed by atoms with E-state index in [2.05, 4.69) is 4.98 Å². The van der Waals surface area contributed by atoms with Crippen molar-refractivity contribution in [2.75, 3.05) is 13.1 Å². The highest BCUT2D eigenvalue weighted by Gasteiger charge is 2.42. The number of sulfonamides is 1. The van der Waals surface area contributed by atoms with E-state index in [4.69, 9.17) is 4.74 Å². The Labute approximate surface area is 159 Å². The second kappa shape index (κ2) is 7.17. The zero-order valence-corrected chi connectivity index (χ0v) is 15.8. The third-order valence-corrected chi connectivity index (χ3v) is 6.49. The highest BCUT2D eigenvalue weighted by molar-refractivity contribution is 7.89. The first-order valence-corrected chi connectivity index (χ1v) is 10.2. The third-order valence-electron chi connectivity index (χ3n) is 4.78. The maximum Gasteiger partial charge on any atom is 0.262 e. The lowest BCUT2D eigenvalue weighted by atomic mass is 9.96. The van der Waals surface area contributed by atoms with E-state index in [0.29, 0.717) is 6.54 Å². The Bertz CT molecular complexity index is 1000. The van der Waals surface area contributed by atoms with Gasteiger partial charge in [0.1, 0.15) is 11.9 Å². The van der Waals surface area contributed by atoms with Crippen molar-refractivity contribution in [1.29, 1.82) is 0 Å². The average Bonchev–Trinajstić information content (AvgIpc) is 3.31. The van der Waals surface area contributed by atoms with E-state index in [1.165, 1.54) is 16.8 Å². The zero-order chi connectivity index (χ0) is 18.9. The number of nitrogens with zero attached hydrogens (tertiary/aromatic N) is 3. The van der Waals surface area contributed by atoms with Crippen LogP contribution >= 0.6 is 0 Å². The summed E-state index contributed by atoms with van der Waals surface area (Å²) in [5.41, 5.74) is 1.07. The molecule has 0 unspecified atom stereocenters. The van der Waals surface area contributed by atoms with Crippen molar-refractivity contribution in [1.82, 2.24) is 13.9 Å². The summed E-state index contributed by atoms with van der Waals surface area (Å²) in [6.07, 6.45) is 2.75. The topological polar surface area (TPSA) is 64.4 Å². The van der Waals surface area contributed by atoms with E-state index in [1.54, 1.807) is 11.6 Å². The van der Waals surface area contributed by atoms with Crippen molar-refractivity contribution < 1.29 is 13.2 Å². The van der Waals surface area contributed by atoms with E-state index in [1.807, 2.05) is 60.7 Å². The lowest BCUT2D eigenvalue weighted by Crippen LogP contribution is -2.31. The first kappa shape index (κ1) is 17.8. The first-order chi connectivity index (χ1) is 13.0. The normalized spacial score (nSPS) is 20.6. The Morgan fingerprint density at radius 2 is 1.67 bits per heavy atom. The van der Waals surface area contributed by atoms with Crippen LogP contribution in [0.1, 0.15) is 11.5 Å². The molecule has 1 saturated heterocycles. The molecule has 27 heavy (non-hydrogen) atoms. The van der Waals surface area contributed by atoms with Crippen molar-refractivity contribution in [3.8, 4) is 5.75 Å². The molecular formula is C20H21N3O3S. The predicted molar refractivity (Wildman–Crippen MR) is 102 cm³/mol. The predicted octanol–water partition coefficient (Wildman–Crippen LogP) is 2.66. The SMILES string of the molecule is Cn1cnc(S(=O)(=O)N2C[C@H](Oc3ccccc3)[C@@H](c3ccccc3)C2)c1. The summed E-state index contributed by atoms with van der Waals surface area (Å²) >= 11 is 0. The number of aryl methyl sites for hydroxylation is 1. The van der Waals surface area contributed by atoms with Crippen molar-refractivity contribution in [2.24, 2.45) is 7.05 Å². The van der Waals surface area contributed by atoms with Crippen molar-refractivity contribution in [3.05, 3.63) is 78.8 Å². The zero-order valence-electron chi connectivity index (χ0n) is 15.0. The molecule has 0 aliphatic carbocycles. The highest BCUT2D eigenvalue weighted by Crippen LogP contribution is 2.33. The van der Waals surface area contributed by atoms with Gasteiger partial charge < -0.3 is 9.30 Å². The molecule has 2 atom stereocenters. The van der Waals surface area contributed by atoms with Gasteiger partial charge in [0.05, 0.1) is 12.9 Å². The number of ether oxygens (including phenoxy) is 1. The molecule has 3 aromatic rings. The molecule has 0 saturated carbocycles.